The van der Waals surface area contributed by atoms with E-state index in [1.165, 1.54) is 0 Å². The van der Waals surface area contributed by atoms with E-state index in [-0.39, 0.29) is 0 Å². The van der Waals surface area contributed by atoms with Crippen LogP contribution in [0.3, 0.4) is 0 Å². The Hall–Kier alpha value is -2.29. The quantitative estimate of drug-likeness (QED) is 0.911. The summed E-state index contributed by atoms with van der Waals surface area (Å²) in [4.78, 5) is 11.1. The molecule has 0 saturated heterocycles. The fraction of sp³-hybridized carbons (Fsp3) is 0.188. The van der Waals surface area contributed by atoms with E-state index < -0.39 is 5.97 Å². The molecule has 0 spiro atoms. The van der Waals surface area contributed by atoms with Crippen molar-refractivity contribution in [3.05, 3.63) is 53.1 Å². The normalized spacial score (nSPS) is 10.3. The van der Waals surface area contributed by atoms with Crippen LogP contribution in [-0.4, -0.2) is 18.2 Å². The third kappa shape index (κ3) is 2.76. The van der Waals surface area contributed by atoms with Gasteiger partial charge in [0.15, 0.2) is 0 Å². The van der Waals surface area contributed by atoms with Crippen molar-refractivity contribution in [1.29, 1.82) is 0 Å². The minimum atomic E-state index is -0.907. The molecule has 19 heavy (non-hydrogen) atoms. The molecule has 0 aliphatic heterocycles. The zero-order valence-corrected chi connectivity index (χ0v) is 11.2. The molecule has 2 rings (SSSR count). The Kier molecular flexibility index (Phi) is 3.56. The molecule has 0 heterocycles. The zero-order chi connectivity index (χ0) is 14.0. The van der Waals surface area contributed by atoms with Crippen LogP contribution in [-0.2, 0) is 0 Å². The summed E-state index contributed by atoms with van der Waals surface area (Å²) in [5, 5.41) is 9.10. The van der Waals surface area contributed by atoms with Crippen molar-refractivity contribution >= 4 is 5.97 Å². The van der Waals surface area contributed by atoms with Gasteiger partial charge in [-0.1, -0.05) is 12.1 Å². The Bertz CT molecular complexity index is 630. The lowest BCUT2D eigenvalue weighted by Crippen LogP contribution is -1.97. The minimum Gasteiger partial charge on any atom is -0.496 e. The van der Waals surface area contributed by atoms with Gasteiger partial charge in [-0.15, -0.1) is 0 Å². The minimum absolute atomic E-state index is 0.309. The molecule has 2 aromatic rings. The average Bonchev–Trinajstić information content (AvgIpc) is 2.37. The maximum atomic E-state index is 11.1. The van der Waals surface area contributed by atoms with Gasteiger partial charge in [0.1, 0.15) is 5.75 Å². The lowest BCUT2D eigenvalue weighted by Gasteiger charge is -2.09. The van der Waals surface area contributed by atoms with Crippen molar-refractivity contribution in [2.45, 2.75) is 13.8 Å². The van der Waals surface area contributed by atoms with Crippen LogP contribution in [0.5, 0.6) is 5.75 Å². The second-order valence-corrected chi connectivity index (χ2v) is 4.58. The fourth-order valence-electron chi connectivity index (χ4n) is 2.13. The first kappa shape index (κ1) is 13.1. The van der Waals surface area contributed by atoms with E-state index in [1.54, 1.807) is 19.2 Å². The van der Waals surface area contributed by atoms with Crippen molar-refractivity contribution in [2.24, 2.45) is 0 Å². The van der Waals surface area contributed by atoms with Crippen molar-refractivity contribution in [3.63, 3.8) is 0 Å². The van der Waals surface area contributed by atoms with Crippen molar-refractivity contribution in [3.8, 4) is 16.9 Å². The summed E-state index contributed by atoms with van der Waals surface area (Å²) in [5.41, 5.74) is 4.16. The predicted molar refractivity (Wildman–Crippen MR) is 74.9 cm³/mol. The summed E-state index contributed by atoms with van der Waals surface area (Å²) in [6.07, 6.45) is 0. The number of ether oxygens (including phenoxy) is 1. The highest BCUT2D eigenvalue weighted by atomic mass is 16.5. The third-order valence-corrected chi connectivity index (χ3v) is 3.05. The molecule has 0 saturated carbocycles. The zero-order valence-electron chi connectivity index (χ0n) is 11.2. The standard InChI is InChI=1S/C16H16O3/c1-10-6-13(9-14(7-10)16(17)18)12-4-5-15(19-3)11(2)8-12/h4-9H,1-3H3,(H,17,18). The Morgan fingerprint density at radius 3 is 2.37 bits per heavy atom. The van der Waals surface area contributed by atoms with Crippen LogP contribution >= 0.6 is 0 Å². The fourth-order valence-corrected chi connectivity index (χ4v) is 2.13. The van der Waals surface area contributed by atoms with Gasteiger partial charge in [0, 0.05) is 0 Å². The number of hydrogen-bond acceptors (Lipinski definition) is 2. The number of carbonyl (C=O) groups is 1. The molecule has 0 atom stereocenters. The van der Waals surface area contributed by atoms with Crippen LogP contribution in [0.15, 0.2) is 36.4 Å². The van der Waals surface area contributed by atoms with E-state index >= 15 is 0 Å². The molecule has 0 unspecified atom stereocenters. The third-order valence-electron chi connectivity index (χ3n) is 3.05. The van der Waals surface area contributed by atoms with E-state index in [1.807, 2.05) is 38.1 Å². The molecule has 2 aromatic carbocycles. The summed E-state index contributed by atoms with van der Waals surface area (Å²) in [5.74, 6) is -0.0787. The van der Waals surface area contributed by atoms with Gasteiger partial charge in [-0.3, -0.25) is 0 Å². The van der Waals surface area contributed by atoms with Gasteiger partial charge in [-0.25, -0.2) is 4.79 Å². The van der Waals surface area contributed by atoms with Gasteiger partial charge in [-0.05, 0) is 60.4 Å². The largest absolute Gasteiger partial charge is 0.496 e. The number of aryl methyl sites for hydroxylation is 2. The molecular formula is C16H16O3. The molecule has 0 aliphatic rings. The van der Waals surface area contributed by atoms with Crippen LogP contribution in [0.4, 0.5) is 0 Å². The molecule has 0 bridgehead atoms. The molecule has 0 aliphatic carbocycles. The highest BCUT2D eigenvalue weighted by Gasteiger charge is 2.08. The van der Waals surface area contributed by atoms with Crippen molar-refractivity contribution < 1.29 is 14.6 Å². The van der Waals surface area contributed by atoms with Gasteiger partial charge >= 0.3 is 5.97 Å². The SMILES string of the molecule is COc1ccc(-c2cc(C)cc(C(=O)O)c2)cc1C. The van der Waals surface area contributed by atoms with Gasteiger partial charge < -0.3 is 9.84 Å². The first-order valence-corrected chi connectivity index (χ1v) is 6.01. The van der Waals surface area contributed by atoms with Crippen LogP contribution in [0, 0.1) is 13.8 Å². The number of aromatic carboxylic acids is 1. The summed E-state index contributed by atoms with van der Waals surface area (Å²) in [7, 11) is 1.64. The van der Waals surface area contributed by atoms with E-state index in [0.717, 1.165) is 28.0 Å². The topological polar surface area (TPSA) is 46.5 Å². The molecule has 3 heteroatoms. The Balaban J connectivity index is 2.52. The molecule has 0 aromatic heterocycles. The summed E-state index contributed by atoms with van der Waals surface area (Å²) in [6.45, 7) is 3.86. The first-order valence-electron chi connectivity index (χ1n) is 6.01. The monoisotopic (exact) mass is 256 g/mol. The van der Waals surface area contributed by atoms with E-state index in [9.17, 15) is 4.79 Å². The molecule has 1 N–H and O–H groups in total. The van der Waals surface area contributed by atoms with E-state index in [0.29, 0.717) is 5.56 Å². The van der Waals surface area contributed by atoms with Gasteiger partial charge in [0.05, 0.1) is 12.7 Å². The van der Waals surface area contributed by atoms with E-state index in [4.69, 9.17) is 9.84 Å². The van der Waals surface area contributed by atoms with Gasteiger partial charge in [0.25, 0.3) is 0 Å². The maximum absolute atomic E-state index is 11.1. The predicted octanol–water partition coefficient (Wildman–Crippen LogP) is 3.68. The Morgan fingerprint density at radius 2 is 1.79 bits per heavy atom. The Labute approximate surface area is 112 Å². The Morgan fingerprint density at radius 1 is 1.05 bits per heavy atom. The lowest BCUT2D eigenvalue weighted by atomic mass is 9.98. The average molecular weight is 256 g/mol. The number of carboxylic acid groups (broad SMARTS) is 1. The molecule has 98 valence electrons. The lowest BCUT2D eigenvalue weighted by molar-refractivity contribution is 0.0697. The molecule has 0 amide bonds. The smallest absolute Gasteiger partial charge is 0.335 e. The van der Waals surface area contributed by atoms with Crippen LogP contribution in [0.2, 0.25) is 0 Å². The molecular weight excluding hydrogens is 240 g/mol. The number of rotatable bonds is 3. The van der Waals surface area contributed by atoms with Gasteiger partial charge in [-0.2, -0.15) is 0 Å². The van der Waals surface area contributed by atoms with Crippen LogP contribution in [0.25, 0.3) is 11.1 Å². The highest BCUT2D eigenvalue weighted by molar-refractivity contribution is 5.89. The molecule has 0 radical (unpaired) electrons. The second kappa shape index (κ2) is 5.14. The second-order valence-electron chi connectivity index (χ2n) is 4.58. The highest BCUT2D eigenvalue weighted by Crippen LogP contribution is 2.27. The summed E-state index contributed by atoms with van der Waals surface area (Å²) < 4.78 is 5.23. The molecule has 3 nitrogen and oxygen atoms in total. The number of methoxy groups -OCH3 is 1. The number of benzene rings is 2. The van der Waals surface area contributed by atoms with Gasteiger partial charge in [0.2, 0.25) is 0 Å². The number of hydrogen-bond donors (Lipinski definition) is 1. The van der Waals surface area contributed by atoms with Crippen LogP contribution in [0.1, 0.15) is 21.5 Å². The number of carboxylic acids is 1. The van der Waals surface area contributed by atoms with Crippen LogP contribution < -0.4 is 4.74 Å². The molecule has 0 fully saturated rings. The van der Waals surface area contributed by atoms with Crippen molar-refractivity contribution in [2.75, 3.05) is 7.11 Å². The summed E-state index contributed by atoms with van der Waals surface area (Å²) >= 11 is 0. The van der Waals surface area contributed by atoms with Crippen molar-refractivity contribution in [1.82, 2.24) is 0 Å². The summed E-state index contributed by atoms with van der Waals surface area (Å²) in [6, 6.07) is 11.2. The first-order chi connectivity index (χ1) is 9.01. The maximum Gasteiger partial charge on any atom is 0.335 e. The van der Waals surface area contributed by atoms with E-state index in [2.05, 4.69) is 0 Å².